The van der Waals surface area contributed by atoms with Gasteiger partial charge in [0.15, 0.2) is 6.33 Å². The van der Waals surface area contributed by atoms with Gasteiger partial charge in [0.1, 0.15) is 6.54 Å². The first-order valence-corrected chi connectivity index (χ1v) is 9.36. The summed E-state index contributed by atoms with van der Waals surface area (Å²) >= 11 is 0. The van der Waals surface area contributed by atoms with Crippen LogP contribution in [0.15, 0.2) is 36.7 Å². The van der Waals surface area contributed by atoms with E-state index in [9.17, 15) is 4.79 Å². The van der Waals surface area contributed by atoms with Gasteiger partial charge in [0, 0.05) is 26.2 Å². The van der Waals surface area contributed by atoms with Gasteiger partial charge < -0.3 is 9.80 Å². The van der Waals surface area contributed by atoms with Crippen molar-refractivity contribution in [2.75, 3.05) is 33.2 Å². The predicted molar refractivity (Wildman–Crippen MR) is 97.4 cm³/mol. The van der Waals surface area contributed by atoms with Crippen molar-refractivity contribution in [1.29, 1.82) is 0 Å². The minimum atomic E-state index is 0.0848. The van der Waals surface area contributed by atoms with Crippen LogP contribution >= 0.6 is 0 Å². The molecule has 0 radical (unpaired) electrons. The summed E-state index contributed by atoms with van der Waals surface area (Å²) in [6, 6.07) is 10.9. The third kappa shape index (κ3) is 3.62. The van der Waals surface area contributed by atoms with Crippen LogP contribution in [-0.2, 0) is 11.3 Å². The maximum Gasteiger partial charge on any atom is 0.246 e. The number of benzene rings is 1. The van der Waals surface area contributed by atoms with Crippen LogP contribution in [0.1, 0.15) is 30.7 Å². The van der Waals surface area contributed by atoms with E-state index in [0.717, 1.165) is 39.0 Å². The summed E-state index contributed by atoms with van der Waals surface area (Å²) in [5.74, 6) is 0.665. The molecule has 2 fully saturated rings. The highest BCUT2D eigenvalue weighted by molar-refractivity contribution is 5.75. The zero-order chi connectivity index (χ0) is 18.0. The summed E-state index contributed by atoms with van der Waals surface area (Å²) in [5, 5.41) is 11.4. The molecule has 0 aliphatic carbocycles. The quantitative estimate of drug-likeness (QED) is 0.834. The van der Waals surface area contributed by atoms with Gasteiger partial charge in [-0.1, -0.05) is 30.3 Å². The van der Waals surface area contributed by atoms with Crippen molar-refractivity contribution in [2.45, 2.75) is 31.7 Å². The SMILES string of the molecule is CN1CC(c2ccccc2)CC2(CCN(C(=O)Cn3ncnn3)CC2)C1. The summed E-state index contributed by atoms with van der Waals surface area (Å²) in [6.07, 6.45) is 4.71. The van der Waals surface area contributed by atoms with Crippen molar-refractivity contribution < 1.29 is 4.79 Å². The van der Waals surface area contributed by atoms with E-state index in [4.69, 9.17) is 0 Å². The normalized spacial score (nSPS) is 23.3. The molecule has 1 spiro atoms. The summed E-state index contributed by atoms with van der Waals surface area (Å²) in [5.41, 5.74) is 1.75. The lowest BCUT2D eigenvalue weighted by atomic mass is 9.68. The van der Waals surface area contributed by atoms with E-state index in [1.165, 1.54) is 23.1 Å². The van der Waals surface area contributed by atoms with Crippen LogP contribution in [0.4, 0.5) is 0 Å². The third-order valence-electron chi connectivity index (χ3n) is 5.93. The molecule has 1 unspecified atom stereocenters. The number of nitrogens with zero attached hydrogens (tertiary/aromatic N) is 6. The molecular weight excluding hydrogens is 328 g/mol. The standard InChI is InChI=1S/C19H26N6O/c1-23-12-17(16-5-3-2-4-6-16)11-19(14-23)7-9-24(10-8-19)18(26)13-25-21-15-20-22-25/h2-6,15,17H,7-14H2,1H3. The molecule has 0 saturated carbocycles. The first-order chi connectivity index (χ1) is 12.6. The fourth-order valence-corrected chi connectivity index (χ4v) is 4.69. The van der Waals surface area contributed by atoms with Crippen molar-refractivity contribution in [1.82, 2.24) is 30.0 Å². The molecule has 4 rings (SSSR count). The van der Waals surface area contributed by atoms with E-state index in [-0.39, 0.29) is 12.5 Å². The maximum absolute atomic E-state index is 12.5. The lowest BCUT2D eigenvalue weighted by Gasteiger charge is -2.49. The Balaban J connectivity index is 1.40. The van der Waals surface area contributed by atoms with Crippen LogP contribution < -0.4 is 0 Å². The number of piperidine rings is 2. The molecule has 1 aromatic heterocycles. The van der Waals surface area contributed by atoms with E-state index in [0.29, 0.717) is 11.3 Å². The number of likely N-dealkylation sites (N-methyl/N-ethyl adjacent to an activating group) is 1. The van der Waals surface area contributed by atoms with Gasteiger partial charge in [0.2, 0.25) is 5.91 Å². The molecular formula is C19H26N6O. The molecule has 3 heterocycles. The minimum absolute atomic E-state index is 0.0848. The molecule has 2 aliphatic heterocycles. The Kier molecular flexibility index (Phi) is 4.72. The van der Waals surface area contributed by atoms with Crippen molar-refractivity contribution in [2.24, 2.45) is 5.41 Å². The molecule has 0 bridgehead atoms. The summed E-state index contributed by atoms with van der Waals surface area (Å²) < 4.78 is 0. The topological polar surface area (TPSA) is 67.2 Å². The molecule has 138 valence electrons. The number of rotatable bonds is 3. The average molecular weight is 354 g/mol. The van der Waals surface area contributed by atoms with Crippen LogP contribution in [-0.4, -0.2) is 69.1 Å². The Bertz CT molecular complexity index is 724. The Morgan fingerprint density at radius 3 is 2.69 bits per heavy atom. The number of hydrogen-bond donors (Lipinski definition) is 0. The van der Waals surface area contributed by atoms with Gasteiger partial charge in [-0.25, -0.2) is 0 Å². The van der Waals surface area contributed by atoms with Gasteiger partial charge in [-0.3, -0.25) is 4.79 Å². The second-order valence-electron chi connectivity index (χ2n) is 7.86. The zero-order valence-corrected chi connectivity index (χ0v) is 15.3. The molecule has 1 atom stereocenters. The van der Waals surface area contributed by atoms with E-state index < -0.39 is 0 Å². The van der Waals surface area contributed by atoms with Crippen molar-refractivity contribution in [3.8, 4) is 0 Å². The lowest BCUT2D eigenvalue weighted by Crippen LogP contribution is -2.52. The molecule has 1 amide bonds. The Morgan fingerprint density at radius 2 is 2.00 bits per heavy atom. The van der Waals surface area contributed by atoms with Crippen LogP contribution in [0.5, 0.6) is 0 Å². The number of carbonyl (C=O) groups is 1. The van der Waals surface area contributed by atoms with Gasteiger partial charge >= 0.3 is 0 Å². The number of aromatic nitrogens is 4. The molecule has 7 heteroatoms. The monoisotopic (exact) mass is 354 g/mol. The fraction of sp³-hybridized carbons (Fsp3) is 0.579. The molecule has 2 saturated heterocycles. The highest BCUT2D eigenvalue weighted by atomic mass is 16.2. The maximum atomic E-state index is 12.5. The first-order valence-electron chi connectivity index (χ1n) is 9.36. The van der Waals surface area contributed by atoms with Crippen molar-refractivity contribution in [3.05, 3.63) is 42.2 Å². The lowest BCUT2D eigenvalue weighted by molar-refractivity contribution is -0.135. The highest BCUT2D eigenvalue weighted by Gasteiger charge is 2.42. The molecule has 0 N–H and O–H groups in total. The smallest absolute Gasteiger partial charge is 0.246 e. The second kappa shape index (κ2) is 7.15. The summed E-state index contributed by atoms with van der Waals surface area (Å²) in [4.78, 5) is 18.3. The number of hydrogen-bond acceptors (Lipinski definition) is 5. The van der Waals surface area contributed by atoms with Crippen molar-refractivity contribution >= 4 is 5.91 Å². The Labute approximate surface area is 154 Å². The number of carbonyl (C=O) groups excluding carboxylic acids is 1. The highest BCUT2D eigenvalue weighted by Crippen LogP contribution is 2.44. The Morgan fingerprint density at radius 1 is 1.23 bits per heavy atom. The number of amides is 1. The molecule has 26 heavy (non-hydrogen) atoms. The molecule has 1 aromatic carbocycles. The van der Waals surface area contributed by atoms with Gasteiger partial charge in [0.05, 0.1) is 0 Å². The summed E-state index contributed by atoms with van der Waals surface area (Å²) in [7, 11) is 2.23. The van der Waals surface area contributed by atoms with E-state index in [2.05, 4.69) is 57.7 Å². The van der Waals surface area contributed by atoms with Crippen LogP contribution in [0.2, 0.25) is 0 Å². The van der Waals surface area contributed by atoms with Gasteiger partial charge in [-0.2, -0.15) is 4.80 Å². The zero-order valence-electron chi connectivity index (χ0n) is 15.3. The molecule has 2 aliphatic rings. The van der Waals surface area contributed by atoms with Crippen LogP contribution in [0, 0.1) is 5.41 Å². The number of likely N-dealkylation sites (tertiary alicyclic amines) is 2. The van der Waals surface area contributed by atoms with Crippen LogP contribution in [0.25, 0.3) is 0 Å². The number of tetrazole rings is 1. The fourth-order valence-electron chi connectivity index (χ4n) is 4.69. The van der Waals surface area contributed by atoms with E-state index in [1.807, 2.05) is 4.90 Å². The third-order valence-corrected chi connectivity index (χ3v) is 5.93. The minimum Gasteiger partial charge on any atom is -0.341 e. The Hall–Kier alpha value is -2.28. The molecule has 7 nitrogen and oxygen atoms in total. The van der Waals surface area contributed by atoms with Gasteiger partial charge in [-0.15, -0.1) is 10.2 Å². The largest absolute Gasteiger partial charge is 0.341 e. The van der Waals surface area contributed by atoms with Crippen LogP contribution in [0.3, 0.4) is 0 Å². The van der Waals surface area contributed by atoms with Crippen molar-refractivity contribution in [3.63, 3.8) is 0 Å². The van der Waals surface area contributed by atoms with E-state index in [1.54, 1.807) is 0 Å². The molecule has 2 aromatic rings. The first kappa shape index (κ1) is 17.1. The summed E-state index contributed by atoms with van der Waals surface area (Å²) in [6.45, 7) is 4.07. The predicted octanol–water partition coefficient (Wildman–Crippen LogP) is 1.40. The average Bonchev–Trinajstić information content (AvgIpc) is 3.15. The second-order valence-corrected chi connectivity index (χ2v) is 7.86. The van der Waals surface area contributed by atoms with E-state index >= 15 is 0 Å². The van der Waals surface area contributed by atoms with Gasteiger partial charge in [-0.05, 0) is 48.4 Å². The van der Waals surface area contributed by atoms with Gasteiger partial charge in [0.25, 0.3) is 0 Å².